The quantitative estimate of drug-likeness (QED) is 0.608. The summed E-state index contributed by atoms with van der Waals surface area (Å²) in [6.07, 6.45) is 0.639. The highest BCUT2D eigenvalue weighted by Crippen LogP contribution is 2.22. The van der Waals surface area contributed by atoms with Gasteiger partial charge in [-0.2, -0.15) is 0 Å². The second kappa shape index (κ2) is 6.00. The van der Waals surface area contributed by atoms with E-state index in [1.807, 2.05) is 0 Å². The van der Waals surface area contributed by atoms with Crippen LogP contribution in [0, 0.1) is 5.82 Å². The van der Waals surface area contributed by atoms with Gasteiger partial charge in [0.1, 0.15) is 5.82 Å². The Bertz CT molecular complexity index is 516. The normalized spacial score (nSPS) is 14.8. The van der Waals surface area contributed by atoms with Crippen molar-refractivity contribution in [2.45, 2.75) is 19.0 Å². The van der Waals surface area contributed by atoms with Gasteiger partial charge in [0, 0.05) is 13.1 Å². The summed E-state index contributed by atoms with van der Waals surface area (Å²) in [6.45, 7) is 0.815. The molecule has 0 aromatic heterocycles. The van der Waals surface area contributed by atoms with Crippen LogP contribution >= 0.6 is 0 Å². The maximum atomic E-state index is 13.3. The molecule has 1 heterocycles. The van der Waals surface area contributed by atoms with Crippen molar-refractivity contribution in [2.24, 2.45) is 0 Å². The number of nitrogens with zero attached hydrogens (tertiary/aromatic N) is 1. The van der Waals surface area contributed by atoms with E-state index in [-0.39, 0.29) is 5.82 Å². The lowest BCUT2D eigenvalue weighted by atomic mass is 9.98. The summed E-state index contributed by atoms with van der Waals surface area (Å²) in [5.41, 5.74) is 1.80. The van der Waals surface area contributed by atoms with Gasteiger partial charge in [-0.15, -0.1) is 0 Å². The largest absolute Gasteiger partial charge is 0.467 e. The first-order valence-corrected chi connectivity index (χ1v) is 6.24. The van der Waals surface area contributed by atoms with Crippen LogP contribution in [0.25, 0.3) is 0 Å². The molecule has 1 aliphatic heterocycles. The average molecular weight is 281 g/mol. The zero-order valence-corrected chi connectivity index (χ0v) is 11.4. The summed E-state index contributed by atoms with van der Waals surface area (Å²) in [4.78, 5) is 25.1. The summed E-state index contributed by atoms with van der Waals surface area (Å²) < 4.78 is 22.6. The first-order valence-electron chi connectivity index (χ1n) is 6.24. The Labute approximate surface area is 116 Å². The average Bonchev–Trinajstić information content (AvgIpc) is 2.46. The number of esters is 2. The van der Waals surface area contributed by atoms with Crippen LogP contribution in [0.2, 0.25) is 0 Å². The standard InChI is InChI=1S/C14H16FNO4/c1-19-13(17)12(14(18)20-2)16-6-5-9-3-4-11(15)7-10(9)8-16/h3-4,7,12H,5-6,8H2,1-2H3. The van der Waals surface area contributed by atoms with Crippen LogP contribution in [0.3, 0.4) is 0 Å². The van der Waals surface area contributed by atoms with Crippen molar-refractivity contribution in [3.05, 3.63) is 35.1 Å². The van der Waals surface area contributed by atoms with Crippen molar-refractivity contribution in [1.29, 1.82) is 0 Å². The molecule has 2 rings (SSSR count). The molecule has 20 heavy (non-hydrogen) atoms. The van der Waals surface area contributed by atoms with Crippen LogP contribution in [0.4, 0.5) is 4.39 Å². The zero-order chi connectivity index (χ0) is 14.7. The third kappa shape index (κ3) is 2.80. The van der Waals surface area contributed by atoms with Crippen LogP contribution in [-0.4, -0.2) is 43.6 Å². The lowest BCUT2D eigenvalue weighted by molar-refractivity contribution is -0.161. The van der Waals surface area contributed by atoms with Crippen LogP contribution in [0.15, 0.2) is 18.2 Å². The fourth-order valence-electron chi connectivity index (χ4n) is 2.39. The number of halogens is 1. The van der Waals surface area contributed by atoms with Crippen LogP contribution in [-0.2, 0) is 32.0 Å². The van der Waals surface area contributed by atoms with Gasteiger partial charge in [0.15, 0.2) is 0 Å². The predicted molar refractivity (Wildman–Crippen MR) is 68.3 cm³/mol. The molecule has 0 saturated heterocycles. The van der Waals surface area contributed by atoms with Crippen molar-refractivity contribution in [3.63, 3.8) is 0 Å². The molecule has 0 bridgehead atoms. The van der Waals surface area contributed by atoms with Crippen LogP contribution in [0.1, 0.15) is 11.1 Å². The van der Waals surface area contributed by atoms with E-state index < -0.39 is 18.0 Å². The minimum absolute atomic E-state index is 0.308. The van der Waals surface area contributed by atoms with E-state index in [9.17, 15) is 14.0 Å². The molecule has 0 fully saturated rings. The summed E-state index contributed by atoms with van der Waals surface area (Å²) in [5.74, 6) is -1.67. The number of benzene rings is 1. The molecule has 6 heteroatoms. The molecule has 0 aliphatic carbocycles. The molecule has 0 amide bonds. The van der Waals surface area contributed by atoms with Gasteiger partial charge in [-0.25, -0.2) is 14.0 Å². The number of hydrogen-bond acceptors (Lipinski definition) is 5. The monoisotopic (exact) mass is 281 g/mol. The minimum Gasteiger partial charge on any atom is -0.467 e. The third-order valence-electron chi connectivity index (χ3n) is 3.42. The fourth-order valence-corrected chi connectivity index (χ4v) is 2.39. The number of rotatable bonds is 3. The summed E-state index contributed by atoms with van der Waals surface area (Å²) in [7, 11) is 2.44. The Morgan fingerprint density at radius 3 is 2.45 bits per heavy atom. The summed E-state index contributed by atoms with van der Waals surface area (Å²) in [5, 5.41) is 0. The molecule has 1 aromatic carbocycles. The van der Waals surface area contributed by atoms with Gasteiger partial charge >= 0.3 is 11.9 Å². The van der Waals surface area contributed by atoms with Gasteiger partial charge in [-0.1, -0.05) is 6.07 Å². The molecule has 1 aliphatic rings. The molecule has 0 unspecified atom stereocenters. The maximum Gasteiger partial charge on any atom is 0.334 e. The molecule has 0 atom stereocenters. The van der Waals surface area contributed by atoms with Crippen molar-refractivity contribution < 1.29 is 23.5 Å². The third-order valence-corrected chi connectivity index (χ3v) is 3.42. The second-order valence-corrected chi connectivity index (χ2v) is 4.58. The molecule has 0 saturated carbocycles. The number of carbonyl (C=O) groups is 2. The van der Waals surface area contributed by atoms with Crippen molar-refractivity contribution in [3.8, 4) is 0 Å². The second-order valence-electron chi connectivity index (χ2n) is 4.58. The highest BCUT2D eigenvalue weighted by Gasteiger charge is 2.36. The first kappa shape index (κ1) is 14.5. The van der Waals surface area contributed by atoms with Gasteiger partial charge in [-0.05, 0) is 29.7 Å². The highest BCUT2D eigenvalue weighted by molar-refractivity contribution is 5.99. The SMILES string of the molecule is COC(=O)C(C(=O)OC)N1CCc2ccc(F)cc2C1. The Morgan fingerprint density at radius 2 is 1.85 bits per heavy atom. The van der Waals surface area contributed by atoms with E-state index >= 15 is 0 Å². The van der Waals surface area contributed by atoms with E-state index in [4.69, 9.17) is 0 Å². The van der Waals surface area contributed by atoms with Crippen LogP contribution < -0.4 is 0 Å². The lowest BCUT2D eigenvalue weighted by Crippen LogP contribution is -2.49. The van der Waals surface area contributed by atoms with E-state index in [1.54, 1.807) is 11.0 Å². The van der Waals surface area contributed by atoms with Gasteiger partial charge in [0.25, 0.3) is 0 Å². The topological polar surface area (TPSA) is 55.8 Å². The molecule has 0 radical (unpaired) electrons. The molecule has 108 valence electrons. The van der Waals surface area contributed by atoms with Gasteiger partial charge < -0.3 is 9.47 Å². The number of methoxy groups -OCH3 is 2. The molecule has 1 aromatic rings. The minimum atomic E-state index is -1.11. The first-order chi connectivity index (χ1) is 9.56. The highest BCUT2D eigenvalue weighted by atomic mass is 19.1. The van der Waals surface area contributed by atoms with Gasteiger partial charge in [-0.3, -0.25) is 4.90 Å². The fraction of sp³-hybridized carbons (Fsp3) is 0.429. The van der Waals surface area contributed by atoms with Crippen molar-refractivity contribution in [2.75, 3.05) is 20.8 Å². The van der Waals surface area contributed by atoms with E-state index in [1.165, 1.54) is 26.4 Å². The Kier molecular flexibility index (Phi) is 4.34. The molecular weight excluding hydrogens is 265 g/mol. The smallest absolute Gasteiger partial charge is 0.334 e. The van der Waals surface area contributed by atoms with E-state index in [0.717, 1.165) is 11.1 Å². The predicted octanol–water partition coefficient (Wildman–Crippen LogP) is 0.898. The van der Waals surface area contributed by atoms with Gasteiger partial charge in [0.2, 0.25) is 6.04 Å². The maximum absolute atomic E-state index is 13.3. The zero-order valence-electron chi connectivity index (χ0n) is 11.4. The van der Waals surface area contributed by atoms with E-state index in [2.05, 4.69) is 9.47 Å². The Hall–Kier alpha value is -1.95. The number of carbonyl (C=O) groups excluding carboxylic acids is 2. The number of ether oxygens (including phenoxy) is 2. The van der Waals surface area contributed by atoms with Crippen molar-refractivity contribution >= 4 is 11.9 Å². The molecule has 0 N–H and O–H groups in total. The summed E-state index contributed by atoms with van der Waals surface area (Å²) >= 11 is 0. The van der Waals surface area contributed by atoms with Gasteiger partial charge in [0.05, 0.1) is 14.2 Å². The Morgan fingerprint density at radius 1 is 1.20 bits per heavy atom. The number of hydrogen-bond donors (Lipinski definition) is 0. The van der Waals surface area contributed by atoms with Crippen LogP contribution in [0.5, 0.6) is 0 Å². The van der Waals surface area contributed by atoms with E-state index in [0.29, 0.717) is 19.5 Å². The Balaban J connectivity index is 2.24. The molecule has 5 nitrogen and oxygen atoms in total. The summed E-state index contributed by atoms with van der Waals surface area (Å²) in [6, 6.07) is 3.45. The molecule has 0 spiro atoms. The van der Waals surface area contributed by atoms with Crippen molar-refractivity contribution in [1.82, 2.24) is 4.90 Å². The lowest BCUT2D eigenvalue weighted by Gasteiger charge is -2.32. The molecular formula is C14H16FNO4. The number of fused-ring (bicyclic) bond motifs is 1.